The van der Waals surface area contributed by atoms with E-state index in [1.165, 1.54) is 12.1 Å². The second-order valence-corrected chi connectivity index (χ2v) is 6.25. The van der Waals surface area contributed by atoms with Gasteiger partial charge in [0.05, 0.1) is 5.56 Å². The Morgan fingerprint density at radius 3 is 2.42 bits per heavy atom. The van der Waals surface area contributed by atoms with Crippen LogP contribution in [-0.2, 0) is 11.0 Å². The molecule has 0 saturated heterocycles. The monoisotopic (exact) mass is 391 g/mol. The lowest BCUT2D eigenvalue weighted by Crippen LogP contribution is -2.54. The molecule has 0 saturated carbocycles. The number of rotatable bonds is 5. The van der Waals surface area contributed by atoms with Crippen LogP contribution in [0.5, 0.6) is 0 Å². The third-order valence-electron chi connectivity index (χ3n) is 3.09. The number of primary amides is 1. The molecule has 1 aromatic carbocycles. The van der Waals surface area contributed by atoms with E-state index in [1.807, 2.05) is 13.8 Å². The molecule has 0 aliphatic carbocycles. The molecule has 11 heteroatoms. The molecule has 0 heterocycles. The summed E-state index contributed by atoms with van der Waals surface area (Å²) in [6.07, 6.45) is -4.14. The summed E-state index contributed by atoms with van der Waals surface area (Å²) in [4.78, 5) is 23.0. The zero-order chi connectivity index (χ0) is 19.9. The summed E-state index contributed by atoms with van der Waals surface area (Å²) in [6, 6.07) is 2.69. The Hall–Kier alpha value is -2.56. The quantitative estimate of drug-likeness (QED) is 0.390. The van der Waals surface area contributed by atoms with E-state index in [9.17, 15) is 22.8 Å². The van der Waals surface area contributed by atoms with Crippen molar-refractivity contribution in [3.05, 3.63) is 29.8 Å². The van der Waals surface area contributed by atoms with Crippen molar-refractivity contribution in [1.82, 2.24) is 16.2 Å². The Kier molecular flexibility index (Phi) is 7.62. The minimum absolute atomic E-state index is 0.0977. The molecule has 1 atom stereocenters. The second kappa shape index (κ2) is 9.22. The van der Waals surface area contributed by atoms with Crippen LogP contribution in [0.25, 0.3) is 0 Å². The molecule has 1 aromatic rings. The van der Waals surface area contributed by atoms with Gasteiger partial charge < -0.3 is 16.4 Å². The van der Waals surface area contributed by atoms with Gasteiger partial charge in [-0.3, -0.25) is 15.6 Å². The second-order valence-electron chi connectivity index (χ2n) is 5.84. The predicted molar refractivity (Wildman–Crippen MR) is 94.9 cm³/mol. The molecule has 6 N–H and O–H groups in total. The van der Waals surface area contributed by atoms with Gasteiger partial charge in [-0.1, -0.05) is 19.9 Å². The Morgan fingerprint density at radius 1 is 1.23 bits per heavy atom. The van der Waals surface area contributed by atoms with Crippen LogP contribution in [0.4, 0.5) is 23.7 Å². The number of carbonyl (C=O) groups excluding carboxylic acids is 2. The predicted octanol–water partition coefficient (Wildman–Crippen LogP) is 2.11. The van der Waals surface area contributed by atoms with Crippen LogP contribution in [-0.4, -0.2) is 23.1 Å². The molecule has 0 radical (unpaired) electrons. The maximum Gasteiger partial charge on any atom is 0.416 e. The van der Waals surface area contributed by atoms with Gasteiger partial charge in [0.2, 0.25) is 0 Å². The van der Waals surface area contributed by atoms with E-state index in [1.54, 1.807) is 0 Å². The van der Waals surface area contributed by atoms with Crippen molar-refractivity contribution in [1.29, 1.82) is 0 Å². The first kappa shape index (κ1) is 21.5. The fourth-order valence-corrected chi connectivity index (χ4v) is 2.18. The SMILES string of the molecule is CC(C)CC(NC(N)=O)C(=O)NNC(=S)Nc1cccc(C(F)(F)F)c1. The van der Waals surface area contributed by atoms with Crippen LogP contribution in [0, 0.1) is 5.92 Å². The van der Waals surface area contributed by atoms with Gasteiger partial charge in [-0.2, -0.15) is 13.2 Å². The van der Waals surface area contributed by atoms with E-state index in [4.69, 9.17) is 18.0 Å². The van der Waals surface area contributed by atoms with Crippen molar-refractivity contribution < 1.29 is 22.8 Å². The molecule has 0 aromatic heterocycles. The van der Waals surface area contributed by atoms with Crippen LogP contribution in [0.3, 0.4) is 0 Å². The summed E-state index contributed by atoms with van der Waals surface area (Å²) < 4.78 is 38.0. The van der Waals surface area contributed by atoms with Crippen molar-refractivity contribution in [2.75, 3.05) is 5.32 Å². The molecule has 0 spiro atoms. The summed E-state index contributed by atoms with van der Waals surface area (Å²) in [5, 5.41) is 4.71. The number of urea groups is 1. The summed E-state index contributed by atoms with van der Waals surface area (Å²) in [6.45, 7) is 3.71. The molecule has 0 aliphatic heterocycles. The number of hydrogen-bond donors (Lipinski definition) is 5. The van der Waals surface area contributed by atoms with Gasteiger partial charge in [0.15, 0.2) is 5.11 Å². The zero-order valence-electron chi connectivity index (χ0n) is 14.1. The molecule has 0 bridgehead atoms. The van der Waals surface area contributed by atoms with E-state index in [-0.39, 0.29) is 16.7 Å². The van der Waals surface area contributed by atoms with Crippen LogP contribution in [0.15, 0.2) is 24.3 Å². The number of benzene rings is 1. The van der Waals surface area contributed by atoms with E-state index >= 15 is 0 Å². The van der Waals surface area contributed by atoms with Crippen molar-refractivity contribution in [2.24, 2.45) is 11.7 Å². The number of thiocarbonyl (C=S) groups is 1. The minimum atomic E-state index is -4.48. The number of nitrogens with two attached hydrogens (primary N) is 1. The molecular formula is C15H20F3N5O2S. The Labute approximate surface area is 153 Å². The van der Waals surface area contributed by atoms with E-state index < -0.39 is 29.7 Å². The summed E-state index contributed by atoms with van der Waals surface area (Å²) in [7, 11) is 0. The van der Waals surface area contributed by atoms with Crippen LogP contribution >= 0.6 is 12.2 Å². The number of hydrogen-bond acceptors (Lipinski definition) is 3. The van der Waals surface area contributed by atoms with Gasteiger partial charge in [0, 0.05) is 5.69 Å². The molecule has 26 heavy (non-hydrogen) atoms. The van der Waals surface area contributed by atoms with E-state index in [0.29, 0.717) is 6.42 Å². The molecule has 7 nitrogen and oxygen atoms in total. The highest BCUT2D eigenvalue weighted by Gasteiger charge is 2.30. The fraction of sp³-hybridized carbons (Fsp3) is 0.400. The van der Waals surface area contributed by atoms with Crippen molar-refractivity contribution in [3.63, 3.8) is 0 Å². The van der Waals surface area contributed by atoms with E-state index in [2.05, 4.69) is 21.5 Å². The largest absolute Gasteiger partial charge is 0.416 e. The van der Waals surface area contributed by atoms with Crippen molar-refractivity contribution in [2.45, 2.75) is 32.5 Å². The van der Waals surface area contributed by atoms with Gasteiger partial charge >= 0.3 is 12.2 Å². The lowest BCUT2D eigenvalue weighted by Gasteiger charge is -2.20. The summed E-state index contributed by atoms with van der Waals surface area (Å²) in [5.41, 5.74) is 8.93. The maximum absolute atomic E-state index is 12.7. The normalized spacial score (nSPS) is 12.2. The van der Waals surface area contributed by atoms with Gasteiger partial charge in [-0.15, -0.1) is 0 Å². The van der Waals surface area contributed by atoms with Gasteiger partial charge in [0.1, 0.15) is 6.04 Å². The topological polar surface area (TPSA) is 108 Å². The number of hydrazine groups is 1. The Balaban J connectivity index is 2.62. The van der Waals surface area contributed by atoms with Gasteiger partial charge in [-0.25, -0.2) is 4.79 Å². The van der Waals surface area contributed by atoms with E-state index in [0.717, 1.165) is 12.1 Å². The number of carbonyl (C=O) groups is 2. The first-order valence-electron chi connectivity index (χ1n) is 7.59. The fourth-order valence-electron chi connectivity index (χ4n) is 2.02. The molecule has 1 unspecified atom stereocenters. The average Bonchev–Trinajstić information content (AvgIpc) is 2.50. The lowest BCUT2D eigenvalue weighted by atomic mass is 10.0. The molecule has 0 fully saturated rings. The van der Waals surface area contributed by atoms with Crippen molar-refractivity contribution in [3.8, 4) is 0 Å². The summed E-state index contributed by atoms with van der Waals surface area (Å²) in [5.74, 6) is -0.488. The zero-order valence-corrected chi connectivity index (χ0v) is 14.9. The number of alkyl halides is 3. The van der Waals surface area contributed by atoms with Crippen LogP contribution < -0.4 is 27.2 Å². The van der Waals surface area contributed by atoms with Crippen molar-refractivity contribution >= 4 is 35.0 Å². The van der Waals surface area contributed by atoms with Crippen LogP contribution in [0.2, 0.25) is 0 Å². The number of amides is 3. The Bertz CT molecular complexity index is 667. The third kappa shape index (κ3) is 7.55. The molecule has 144 valence electrons. The van der Waals surface area contributed by atoms with Crippen LogP contribution in [0.1, 0.15) is 25.8 Å². The average molecular weight is 391 g/mol. The highest BCUT2D eigenvalue weighted by atomic mass is 32.1. The van der Waals surface area contributed by atoms with Gasteiger partial charge in [0.25, 0.3) is 5.91 Å². The number of anilines is 1. The molecule has 1 rings (SSSR count). The first-order chi connectivity index (χ1) is 12.0. The molecule has 3 amide bonds. The smallest absolute Gasteiger partial charge is 0.352 e. The third-order valence-corrected chi connectivity index (χ3v) is 3.29. The number of nitrogens with one attached hydrogen (secondary N) is 4. The maximum atomic E-state index is 12.7. The minimum Gasteiger partial charge on any atom is -0.352 e. The molecule has 0 aliphatic rings. The highest BCUT2D eigenvalue weighted by Crippen LogP contribution is 2.30. The lowest BCUT2D eigenvalue weighted by molar-refractivity contribution is -0.137. The van der Waals surface area contributed by atoms with Gasteiger partial charge in [-0.05, 0) is 42.8 Å². The highest BCUT2D eigenvalue weighted by molar-refractivity contribution is 7.80. The Morgan fingerprint density at radius 2 is 1.88 bits per heavy atom. The summed E-state index contributed by atoms with van der Waals surface area (Å²) >= 11 is 4.92. The number of halogens is 3. The standard InChI is InChI=1S/C15H20F3N5O2S/c1-8(2)6-11(21-13(19)25)12(24)22-23-14(26)20-10-5-3-4-9(7-10)15(16,17)18/h3-5,7-8,11H,6H2,1-2H3,(H,22,24)(H3,19,21,25)(H2,20,23,26). The first-order valence-corrected chi connectivity index (χ1v) is 8.00. The molecular weight excluding hydrogens is 371 g/mol.